The molecule has 1 aliphatic rings. The molecule has 0 aromatic carbocycles. The van der Waals surface area contributed by atoms with Gasteiger partial charge in [-0.1, -0.05) is 0 Å². The van der Waals surface area contributed by atoms with Crippen molar-refractivity contribution in [3.63, 3.8) is 0 Å². The van der Waals surface area contributed by atoms with E-state index in [0.29, 0.717) is 32.6 Å². The number of rotatable bonds is 4. The molecule has 1 saturated heterocycles. The van der Waals surface area contributed by atoms with Gasteiger partial charge in [0.1, 0.15) is 0 Å². The minimum Gasteiger partial charge on any atom is -0.388 e. The van der Waals surface area contributed by atoms with Crippen molar-refractivity contribution >= 4 is 5.65 Å². The van der Waals surface area contributed by atoms with E-state index in [1.54, 1.807) is 0 Å². The largest absolute Gasteiger partial charge is 0.388 e. The summed E-state index contributed by atoms with van der Waals surface area (Å²) in [6.07, 6.45) is 3.26. The maximum atomic E-state index is 10.5. The molecule has 0 saturated carbocycles. The number of hydrogen-bond acceptors (Lipinski definition) is 5. The van der Waals surface area contributed by atoms with Crippen molar-refractivity contribution in [1.82, 2.24) is 19.9 Å². The van der Waals surface area contributed by atoms with Crippen LogP contribution in [-0.4, -0.2) is 45.1 Å². The Bertz CT molecular complexity index is 661. The van der Waals surface area contributed by atoms with Crippen LogP contribution in [0.3, 0.4) is 0 Å². The zero-order chi connectivity index (χ0) is 15.7. The van der Waals surface area contributed by atoms with Crippen LogP contribution in [0, 0.1) is 13.8 Å². The van der Waals surface area contributed by atoms with E-state index in [1.807, 2.05) is 23.7 Å². The average molecular weight is 304 g/mol. The fourth-order valence-corrected chi connectivity index (χ4v) is 2.98. The number of hydrogen-bond donors (Lipinski definition) is 2. The van der Waals surface area contributed by atoms with Gasteiger partial charge in [0.25, 0.3) is 0 Å². The van der Waals surface area contributed by atoms with Crippen LogP contribution in [0.5, 0.6) is 0 Å². The average Bonchev–Trinajstić information content (AvgIpc) is 2.88. The van der Waals surface area contributed by atoms with E-state index >= 15 is 0 Å². The second-order valence-corrected chi connectivity index (χ2v) is 6.29. The first-order valence-corrected chi connectivity index (χ1v) is 7.84. The van der Waals surface area contributed by atoms with Crippen LogP contribution in [0.25, 0.3) is 5.65 Å². The normalized spacial score (nSPS) is 19.5. The van der Waals surface area contributed by atoms with Gasteiger partial charge in [0.15, 0.2) is 5.65 Å². The number of fused-ring (bicyclic) bond motifs is 1. The number of aryl methyl sites for hydroxylation is 2. The van der Waals surface area contributed by atoms with E-state index < -0.39 is 5.60 Å². The number of ether oxygens (including phenoxy) is 1. The fraction of sp³-hybridized carbons (Fsp3) is 0.625. The van der Waals surface area contributed by atoms with Crippen LogP contribution in [0.4, 0.5) is 0 Å². The molecule has 1 unspecified atom stereocenters. The van der Waals surface area contributed by atoms with E-state index in [9.17, 15) is 5.11 Å². The van der Waals surface area contributed by atoms with Crippen LogP contribution in [0.2, 0.25) is 0 Å². The zero-order valence-electron chi connectivity index (χ0n) is 13.5. The molecule has 3 rings (SSSR count). The van der Waals surface area contributed by atoms with Crippen LogP contribution < -0.4 is 5.32 Å². The van der Waals surface area contributed by atoms with Gasteiger partial charge in [0.2, 0.25) is 0 Å². The first-order chi connectivity index (χ1) is 10.5. The van der Waals surface area contributed by atoms with Gasteiger partial charge < -0.3 is 15.2 Å². The lowest BCUT2D eigenvalue weighted by atomic mass is 9.94. The van der Waals surface area contributed by atoms with Gasteiger partial charge in [-0.05, 0) is 20.8 Å². The number of nitrogens with one attached hydrogen (secondary N) is 1. The third-order valence-corrected chi connectivity index (χ3v) is 4.51. The Morgan fingerprint density at radius 3 is 2.86 bits per heavy atom. The lowest BCUT2D eigenvalue weighted by Gasteiger charge is -2.33. The highest BCUT2D eigenvalue weighted by atomic mass is 16.5. The molecular formula is C16H24N4O2. The SMILES string of the molecule is Cc1cc2ncc(C(C)NCC3(O)CCOCC3)c(C)n2n1. The van der Waals surface area contributed by atoms with E-state index in [-0.39, 0.29) is 6.04 Å². The summed E-state index contributed by atoms with van der Waals surface area (Å²) in [4.78, 5) is 4.47. The maximum absolute atomic E-state index is 10.5. The molecule has 1 fully saturated rings. The molecule has 0 amide bonds. The van der Waals surface area contributed by atoms with E-state index in [1.165, 1.54) is 0 Å². The Morgan fingerprint density at radius 2 is 2.14 bits per heavy atom. The summed E-state index contributed by atoms with van der Waals surface area (Å²) in [6, 6.07) is 2.08. The highest BCUT2D eigenvalue weighted by molar-refractivity contribution is 5.42. The highest BCUT2D eigenvalue weighted by Gasteiger charge is 2.30. The van der Waals surface area contributed by atoms with E-state index in [2.05, 4.69) is 29.2 Å². The summed E-state index contributed by atoms with van der Waals surface area (Å²) in [5.74, 6) is 0. The van der Waals surface area contributed by atoms with Gasteiger partial charge in [-0.15, -0.1) is 0 Å². The number of aliphatic hydroxyl groups is 1. The Morgan fingerprint density at radius 1 is 1.41 bits per heavy atom. The molecule has 2 aromatic rings. The van der Waals surface area contributed by atoms with Crippen molar-refractivity contribution in [3.05, 3.63) is 29.2 Å². The van der Waals surface area contributed by atoms with Crippen molar-refractivity contribution in [1.29, 1.82) is 0 Å². The van der Waals surface area contributed by atoms with Crippen molar-refractivity contribution in [2.24, 2.45) is 0 Å². The molecule has 0 radical (unpaired) electrons. The van der Waals surface area contributed by atoms with Crippen molar-refractivity contribution < 1.29 is 9.84 Å². The minimum absolute atomic E-state index is 0.105. The molecular weight excluding hydrogens is 280 g/mol. The topological polar surface area (TPSA) is 71.7 Å². The van der Waals surface area contributed by atoms with Gasteiger partial charge in [-0.25, -0.2) is 9.50 Å². The lowest BCUT2D eigenvalue weighted by molar-refractivity contribution is -0.0626. The molecule has 6 nitrogen and oxygen atoms in total. The molecule has 0 spiro atoms. The molecule has 2 N–H and O–H groups in total. The van der Waals surface area contributed by atoms with Gasteiger partial charge in [0.05, 0.1) is 11.3 Å². The molecule has 3 heterocycles. The van der Waals surface area contributed by atoms with Crippen molar-refractivity contribution in [3.8, 4) is 0 Å². The third-order valence-electron chi connectivity index (χ3n) is 4.51. The molecule has 22 heavy (non-hydrogen) atoms. The van der Waals surface area contributed by atoms with Crippen molar-refractivity contribution in [2.75, 3.05) is 19.8 Å². The summed E-state index contributed by atoms with van der Waals surface area (Å²) in [5.41, 5.74) is 3.35. The highest BCUT2D eigenvalue weighted by Crippen LogP contribution is 2.22. The second-order valence-electron chi connectivity index (χ2n) is 6.29. The minimum atomic E-state index is -0.666. The Kier molecular flexibility index (Phi) is 4.16. The maximum Gasteiger partial charge on any atom is 0.155 e. The fourth-order valence-electron chi connectivity index (χ4n) is 2.98. The van der Waals surface area contributed by atoms with Crippen LogP contribution in [0.15, 0.2) is 12.3 Å². The molecule has 120 valence electrons. The standard InChI is InChI=1S/C16H24N4O2/c1-11-8-15-17-9-14(13(3)20(15)19-11)12(2)18-10-16(21)4-6-22-7-5-16/h8-9,12,18,21H,4-7,10H2,1-3H3. The van der Waals surface area contributed by atoms with Crippen LogP contribution in [-0.2, 0) is 4.74 Å². The predicted octanol–water partition coefficient (Wildman–Crippen LogP) is 1.54. The number of nitrogens with zero attached hydrogens (tertiary/aromatic N) is 3. The van der Waals surface area contributed by atoms with Crippen molar-refractivity contribution in [2.45, 2.75) is 45.3 Å². The van der Waals surface area contributed by atoms with Gasteiger partial charge in [-0.2, -0.15) is 5.10 Å². The second kappa shape index (κ2) is 5.95. The van der Waals surface area contributed by atoms with Gasteiger partial charge >= 0.3 is 0 Å². The molecule has 2 aromatic heterocycles. The Balaban J connectivity index is 1.74. The quantitative estimate of drug-likeness (QED) is 0.896. The first kappa shape index (κ1) is 15.4. The summed E-state index contributed by atoms with van der Waals surface area (Å²) in [7, 11) is 0. The van der Waals surface area contributed by atoms with Gasteiger partial charge in [-0.3, -0.25) is 0 Å². The lowest BCUT2D eigenvalue weighted by Crippen LogP contribution is -2.45. The summed E-state index contributed by atoms with van der Waals surface area (Å²) >= 11 is 0. The third kappa shape index (κ3) is 2.99. The molecule has 6 heteroatoms. The molecule has 1 aliphatic heterocycles. The molecule has 0 aliphatic carbocycles. The number of aromatic nitrogens is 3. The van der Waals surface area contributed by atoms with Crippen LogP contribution in [0.1, 0.15) is 42.8 Å². The Labute approximate surface area is 130 Å². The summed E-state index contributed by atoms with van der Waals surface area (Å²) in [6.45, 7) is 7.94. The van der Waals surface area contributed by atoms with E-state index in [4.69, 9.17) is 4.74 Å². The predicted molar refractivity (Wildman–Crippen MR) is 83.9 cm³/mol. The summed E-state index contributed by atoms with van der Waals surface area (Å²) < 4.78 is 7.20. The van der Waals surface area contributed by atoms with E-state index in [0.717, 1.165) is 22.6 Å². The molecule has 1 atom stereocenters. The van der Waals surface area contributed by atoms with Crippen LogP contribution >= 0.6 is 0 Å². The Hall–Kier alpha value is -1.50. The smallest absolute Gasteiger partial charge is 0.155 e. The molecule has 0 bridgehead atoms. The monoisotopic (exact) mass is 304 g/mol. The zero-order valence-corrected chi connectivity index (χ0v) is 13.5. The first-order valence-electron chi connectivity index (χ1n) is 7.84. The van der Waals surface area contributed by atoms with Gasteiger partial charge in [0, 0.05) is 62.2 Å². The summed E-state index contributed by atoms with van der Waals surface area (Å²) in [5, 5.41) is 18.5.